The molecule has 5 nitrogen and oxygen atoms in total. The first-order valence-corrected chi connectivity index (χ1v) is 10.8. The van der Waals surface area contributed by atoms with Crippen LogP contribution >= 0.6 is 0 Å². The summed E-state index contributed by atoms with van der Waals surface area (Å²) in [6, 6.07) is 13.1. The van der Waals surface area contributed by atoms with Crippen LogP contribution < -0.4 is 0 Å². The summed E-state index contributed by atoms with van der Waals surface area (Å²) < 4.78 is 28.3. The van der Waals surface area contributed by atoms with Gasteiger partial charge in [0.15, 0.2) is 0 Å². The number of H-pyrrole nitrogens is 1. The van der Waals surface area contributed by atoms with Crippen LogP contribution in [0.5, 0.6) is 0 Å². The average molecular weight is 436 g/mol. The van der Waals surface area contributed by atoms with Crippen LogP contribution in [0.4, 0.5) is 8.78 Å². The van der Waals surface area contributed by atoms with E-state index in [9.17, 15) is 8.78 Å². The van der Waals surface area contributed by atoms with Crippen molar-refractivity contribution in [2.75, 3.05) is 0 Å². The molecule has 1 unspecified atom stereocenters. The topological polar surface area (TPSA) is 67.3 Å². The van der Waals surface area contributed by atoms with Crippen molar-refractivity contribution >= 4 is 0 Å². The number of hydrogen-bond donors (Lipinski definition) is 1. The maximum Gasteiger partial charge on any atom is 0.135 e. The van der Waals surface area contributed by atoms with E-state index in [2.05, 4.69) is 34.2 Å². The number of aryl methyl sites for hydroxylation is 1. The molecule has 3 aromatic heterocycles. The van der Waals surface area contributed by atoms with Crippen LogP contribution in [-0.2, 0) is 6.42 Å². The van der Waals surface area contributed by atoms with Gasteiger partial charge < -0.3 is 0 Å². The summed E-state index contributed by atoms with van der Waals surface area (Å²) in [5, 5.41) is 15.3. The number of pyridine rings is 1. The van der Waals surface area contributed by atoms with Gasteiger partial charge in [-0.15, -0.1) is 0 Å². The van der Waals surface area contributed by atoms with E-state index in [1.54, 1.807) is 12.3 Å². The molecule has 0 aliphatic carbocycles. The summed E-state index contributed by atoms with van der Waals surface area (Å²) in [7, 11) is 0. The summed E-state index contributed by atoms with van der Waals surface area (Å²) in [5.74, 6) is -1.45. The highest BCUT2D eigenvalue weighted by Crippen LogP contribution is 2.30. The molecule has 0 saturated heterocycles. The Labute approximate surface area is 187 Å². The molecule has 166 valence electrons. The minimum absolute atomic E-state index is 0.139. The average Bonchev–Trinajstić information content (AvgIpc) is 3.34. The van der Waals surface area contributed by atoms with Crippen LogP contribution in [0.1, 0.15) is 57.0 Å². The first-order chi connectivity index (χ1) is 15.5. The highest BCUT2D eigenvalue weighted by molar-refractivity contribution is 5.61. The number of aromatic amines is 1. The number of rotatable bonds is 5. The molecule has 4 rings (SSSR count). The van der Waals surface area contributed by atoms with Crippen molar-refractivity contribution in [1.29, 1.82) is 0 Å². The molecule has 1 aromatic carbocycles. The molecule has 0 radical (unpaired) electrons. The molecule has 0 aliphatic rings. The molecule has 3 heterocycles. The fourth-order valence-corrected chi connectivity index (χ4v) is 3.33. The second-order valence-corrected chi connectivity index (χ2v) is 7.44. The quantitative estimate of drug-likeness (QED) is 0.397. The maximum absolute atomic E-state index is 14.1. The minimum Gasteiger partial charge on any atom is -0.276 e. The van der Waals surface area contributed by atoms with E-state index in [4.69, 9.17) is 4.98 Å². The molecule has 1 atom stereocenters. The van der Waals surface area contributed by atoms with E-state index in [1.165, 1.54) is 24.6 Å². The number of nitrogens with one attached hydrogen (secondary N) is 1. The lowest BCUT2D eigenvalue weighted by Gasteiger charge is -2.15. The zero-order valence-electron chi connectivity index (χ0n) is 18.7. The van der Waals surface area contributed by atoms with Gasteiger partial charge in [-0.25, -0.2) is 8.78 Å². The number of hydrogen-bond acceptors (Lipinski definition) is 4. The van der Waals surface area contributed by atoms with E-state index in [0.717, 1.165) is 28.3 Å². The van der Waals surface area contributed by atoms with Crippen molar-refractivity contribution in [1.82, 2.24) is 25.4 Å². The minimum atomic E-state index is -0.656. The van der Waals surface area contributed by atoms with Crippen molar-refractivity contribution in [3.05, 3.63) is 83.3 Å². The van der Waals surface area contributed by atoms with E-state index in [-0.39, 0.29) is 17.2 Å². The third-order valence-electron chi connectivity index (χ3n) is 4.91. The largest absolute Gasteiger partial charge is 0.276 e. The second kappa shape index (κ2) is 10.7. The molecular formula is C25H27F2N5. The molecule has 0 bridgehead atoms. The Bertz CT molecular complexity index is 1140. The van der Waals surface area contributed by atoms with Crippen LogP contribution in [0, 0.1) is 11.6 Å². The third kappa shape index (κ3) is 5.04. The SMILES string of the molecule is CCC.CCc1cc(-c2c(F)cccc2F)nnc1C(C)c1cccc(-c2ccn[nH]2)n1. The third-order valence-corrected chi connectivity index (χ3v) is 4.91. The summed E-state index contributed by atoms with van der Waals surface area (Å²) in [6.45, 7) is 8.22. The molecule has 32 heavy (non-hydrogen) atoms. The van der Waals surface area contributed by atoms with Crippen molar-refractivity contribution in [3.8, 4) is 22.6 Å². The van der Waals surface area contributed by atoms with Gasteiger partial charge in [0.2, 0.25) is 0 Å². The van der Waals surface area contributed by atoms with E-state index in [0.29, 0.717) is 6.42 Å². The van der Waals surface area contributed by atoms with Crippen LogP contribution in [0.15, 0.2) is 54.7 Å². The zero-order chi connectivity index (χ0) is 23.1. The highest BCUT2D eigenvalue weighted by atomic mass is 19.1. The van der Waals surface area contributed by atoms with Gasteiger partial charge in [-0.2, -0.15) is 15.3 Å². The zero-order valence-corrected chi connectivity index (χ0v) is 18.7. The second-order valence-electron chi connectivity index (χ2n) is 7.44. The van der Waals surface area contributed by atoms with Crippen LogP contribution in [0.3, 0.4) is 0 Å². The number of halogens is 2. The fourth-order valence-electron chi connectivity index (χ4n) is 3.33. The Morgan fingerprint density at radius 3 is 2.22 bits per heavy atom. The number of benzene rings is 1. The van der Waals surface area contributed by atoms with Gasteiger partial charge in [-0.05, 0) is 48.4 Å². The van der Waals surface area contributed by atoms with Gasteiger partial charge in [0, 0.05) is 17.8 Å². The summed E-state index contributed by atoms with van der Waals surface area (Å²) in [6.07, 6.45) is 3.58. The molecule has 0 aliphatic heterocycles. The molecular weight excluding hydrogens is 408 g/mol. The molecule has 1 N–H and O–H groups in total. The number of nitrogens with zero attached hydrogens (tertiary/aromatic N) is 4. The Balaban J connectivity index is 0.000000913. The van der Waals surface area contributed by atoms with E-state index >= 15 is 0 Å². The molecule has 0 fully saturated rings. The Morgan fingerprint density at radius 2 is 1.59 bits per heavy atom. The lowest BCUT2D eigenvalue weighted by molar-refractivity contribution is 0.587. The molecule has 0 amide bonds. The fraction of sp³-hybridized carbons (Fsp3) is 0.280. The highest BCUT2D eigenvalue weighted by Gasteiger charge is 2.20. The molecule has 4 aromatic rings. The molecule has 7 heteroatoms. The first-order valence-electron chi connectivity index (χ1n) is 10.8. The van der Waals surface area contributed by atoms with Gasteiger partial charge in [-0.1, -0.05) is 46.2 Å². The van der Waals surface area contributed by atoms with Gasteiger partial charge in [-0.3, -0.25) is 10.1 Å². The lowest BCUT2D eigenvalue weighted by atomic mass is 9.96. The van der Waals surface area contributed by atoms with Gasteiger partial charge in [0.1, 0.15) is 11.6 Å². The summed E-state index contributed by atoms with van der Waals surface area (Å²) in [5.41, 5.74) is 4.07. The Kier molecular flexibility index (Phi) is 7.76. The van der Waals surface area contributed by atoms with Crippen molar-refractivity contribution < 1.29 is 8.78 Å². The van der Waals surface area contributed by atoms with Crippen LogP contribution in [0.2, 0.25) is 0 Å². The predicted molar refractivity (Wildman–Crippen MR) is 122 cm³/mol. The first kappa shape index (κ1) is 23.2. The monoisotopic (exact) mass is 435 g/mol. The standard InChI is InChI=1S/C22H19F2N5.C3H8/c1-3-14-12-20(21-15(23)6-4-7-16(21)24)28-29-22(14)13(2)17-8-5-9-18(26-17)19-10-11-25-27-19;1-3-2/h4-13H,3H2,1-2H3,(H,25,27);3H2,1-2H3. The Morgan fingerprint density at radius 1 is 0.906 bits per heavy atom. The van der Waals surface area contributed by atoms with Crippen molar-refractivity contribution in [2.24, 2.45) is 0 Å². The van der Waals surface area contributed by atoms with Gasteiger partial charge >= 0.3 is 0 Å². The summed E-state index contributed by atoms with van der Waals surface area (Å²) in [4.78, 5) is 4.72. The number of aromatic nitrogens is 5. The smallest absolute Gasteiger partial charge is 0.135 e. The lowest BCUT2D eigenvalue weighted by Crippen LogP contribution is -2.09. The molecule has 0 saturated carbocycles. The van der Waals surface area contributed by atoms with Gasteiger partial charge in [0.25, 0.3) is 0 Å². The predicted octanol–water partition coefficient (Wildman–Crippen LogP) is 6.34. The van der Waals surface area contributed by atoms with E-state index < -0.39 is 11.6 Å². The normalized spacial score (nSPS) is 11.6. The maximum atomic E-state index is 14.1. The summed E-state index contributed by atoms with van der Waals surface area (Å²) >= 11 is 0. The van der Waals surface area contributed by atoms with Crippen LogP contribution in [-0.4, -0.2) is 25.4 Å². The van der Waals surface area contributed by atoms with Gasteiger partial charge in [0.05, 0.1) is 28.3 Å². The van der Waals surface area contributed by atoms with Crippen molar-refractivity contribution in [3.63, 3.8) is 0 Å². The van der Waals surface area contributed by atoms with Crippen molar-refractivity contribution in [2.45, 2.75) is 46.5 Å². The van der Waals surface area contributed by atoms with Crippen LogP contribution in [0.25, 0.3) is 22.6 Å². The molecule has 0 spiro atoms. The van der Waals surface area contributed by atoms with E-state index in [1.807, 2.05) is 38.1 Å². The Hall–Kier alpha value is -3.48.